The van der Waals surface area contributed by atoms with Gasteiger partial charge < -0.3 is 5.32 Å². The summed E-state index contributed by atoms with van der Waals surface area (Å²) >= 11 is 9.84. The third kappa shape index (κ3) is 4.65. The van der Waals surface area contributed by atoms with Gasteiger partial charge in [-0.05, 0) is 55.7 Å². The monoisotopic (exact) mass is 492 g/mol. The highest BCUT2D eigenvalue weighted by Gasteiger charge is 2.21. The van der Waals surface area contributed by atoms with Gasteiger partial charge in [0.1, 0.15) is 0 Å². The van der Waals surface area contributed by atoms with E-state index in [0.717, 1.165) is 37.8 Å². The van der Waals surface area contributed by atoms with Gasteiger partial charge in [-0.2, -0.15) is 0 Å². The topological polar surface area (TPSA) is 42.0 Å². The van der Waals surface area contributed by atoms with Gasteiger partial charge in [0.15, 0.2) is 0 Å². The number of pyridine rings is 1. The van der Waals surface area contributed by atoms with Crippen molar-refractivity contribution in [3.8, 4) is 11.3 Å². The zero-order valence-corrected chi connectivity index (χ0v) is 19.7. The molecule has 5 heteroatoms. The van der Waals surface area contributed by atoms with Crippen LogP contribution >= 0.6 is 27.5 Å². The molecule has 1 aromatic heterocycles. The van der Waals surface area contributed by atoms with Crippen molar-refractivity contribution >= 4 is 44.3 Å². The van der Waals surface area contributed by atoms with Crippen LogP contribution in [-0.2, 0) is 6.42 Å². The Hall–Kier alpha value is -2.69. The summed E-state index contributed by atoms with van der Waals surface area (Å²) in [4.78, 5) is 18.3. The zero-order chi connectivity index (χ0) is 22.0. The van der Waals surface area contributed by atoms with Gasteiger partial charge >= 0.3 is 0 Å². The van der Waals surface area contributed by atoms with E-state index in [1.165, 1.54) is 0 Å². The molecular weight excluding hydrogens is 472 g/mol. The molecule has 0 aliphatic carbocycles. The van der Waals surface area contributed by atoms with Crippen LogP contribution in [0.1, 0.15) is 28.4 Å². The van der Waals surface area contributed by atoms with E-state index in [1.807, 2.05) is 86.6 Å². The summed E-state index contributed by atoms with van der Waals surface area (Å²) in [6.45, 7) is 3.96. The van der Waals surface area contributed by atoms with Gasteiger partial charge in [0, 0.05) is 26.5 Å². The molecule has 3 aromatic carbocycles. The second-order valence-corrected chi connectivity index (χ2v) is 8.98. The van der Waals surface area contributed by atoms with Crippen molar-refractivity contribution in [2.24, 2.45) is 0 Å². The average Bonchev–Trinajstić information content (AvgIpc) is 2.75. The number of nitrogens with zero attached hydrogens (tertiary/aromatic N) is 1. The lowest BCUT2D eigenvalue weighted by atomic mass is 9.96. The molecular formula is C26H22BrClN2O. The Balaban J connectivity index is 1.74. The van der Waals surface area contributed by atoms with E-state index in [1.54, 1.807) is 0 Å². The molecule has 0 saturated heterocycles. The molecule has 4 rings (SSSR count). The third-order valence-corrected chi connectivity index (χ3v) is 6.19. The number of fused-ring (bicyclic) bond motifs is 1. The first-order chi connectivity index (χ1) is 14.9. The average molecular weight is 494 g/mol. The molecule has 156 valence electrons. The van der Waals surface area contributed by atoms with Crippen molar-refractivity contribution in [3.05, 3.63) is 99.0 Å². The molecule has 4 aromatic rings. The molecule has 0 fully saturated rings. The predicted octanol–water partition coefficient (Wildman–Crippen LogP) is 6.99. The molecule has 1 atom stereocenters. The molecule has 0 spiro atoms. The number of aromatic nitrogens is 1. The molecule has 1 unspecified atom stereocenters. The summed E-state index contributed by atoms with van der Waals surface area (Å²) in [5, 5.41) is 4.70. The molecule has 3 nitrogen and oxygen atoms in total. The number of benzene rings is 3. The normalized spacial score (nSPS) is 12.0. The van der Waals surface area contributed by atoms with E-state index in [0.29, 0.717) is 17.0 Å². The van der Waals surface area contributed by atoms with E-state index in [2.05, 4.69) is 21.2 Å². The summed E-state index contributed by atoms with van der Waals surface area (Å²) in [6, 6.07) is 23.4. The summed E-state index contributed by atoms with van der Waals surface area (Å²) in [6.07, 6.45) is 0.655. The zero-order valence-electron chi connectivity index (χ0n) is 17.3. The highest BCUT2D eigenvalue weighted by molar-refractivity contribution is 9.10. The maximum atomic E-state index is 13.5. The number of rotatable bonds is 5. The minimum absolute atomic E-state index is 0.0812. The minimum Gasteiger partial charge on any atom is -0.349 e. The SMILES string of the molecule is Cc1c(-c2ccccc2)nc2ccc(Br)cc2c1C(=O)NC(C)Cc1ccccc1Cl. The first-order valence-corrected chi connectivity index (χ1v) is 11.3. The van der Waals surface area contributed by atoms with Gasteiger partial charge in [0.25, 0.3) is 5.91 Å². The van der Waals surface area contributed by atoms with E-state index in [-0.39, 0.29) is 11.9 Å². The van der Waals surface area contributed by atoms with Crippen LogP contribution in [0.25, 0.3) is 22.2 Å². The van der Waals surface area contributed by atoms with E-state index in [4.69, 9.17) is 16.6 Å². The van der Waals surface area contributed by atoms with Crippen LogP contribution in [0.2, 0.25) is 5.02 Å². The fraction of sp³-hybridized carbons (Fsp3) is 0.154. The van der Waals surface area contributed by atoms with Gasteiger partial charge in [-0.3, -0.25) is 4.79 Å². The molecule has 31 heavy (non-hydrogen) atoms. The summed E-state index contributed by atoms with van der Waals surface area (Å²) in [7, 11) is 0. The van der Waals surface area contributed by atoms with Crippen molar-refractivity contribution in [1.82, 2.24) is 10.3 Å². The fourth-order valence-electron chi connectivity index (χ4n) is 3.84. The number of hydrogen-bond acceptors (Lipinski definition) is 2. The molecule has 0 saturated carbocycles. The molecule has 1 amide bonds. The Kier molecular flexibility index (Phi) is 6.40. The molecule has 0 bridgehead atoms. The van der Waals surface area contributed by atoms with Gasteiger partial charge in [0.2, 0.25) is 0 Å². The lowest BCUT2D eigenvalue weighted by Gasteiger charge is -2.18. The van der Waals surface area contributed by atoms with E-state index >= 15 is 0 Å². The van der Waals surface area contributed by atoms with Crippen molar-refractivity contribution in [3.63, 3.8) is 0 Å². The van der Waals surface area contributed by atoms with Crippen LogP contribution < -0.4 is 5.32 Å². The van der Waals surface area contributed by atoms with Crippen LogP contribution in [0.5, 0.6) is 0 Å². The van der Waals surface area contributed by atoms with Crippen LogP contribution in [0.15, 0.2) is 77.3 Å². The van der Waals surface area contributed by atoms with Gasteiger partial charge in [-0.25, -0.2) is 4.98 Å². The maximum absolute atomic E-state index is 13.5. The summed E-state index contributed by atoms with van der Waals surface area (Å²) in [5.41, 5.74) is 5.12. The van der Waals surface area contributed by atoms with Gasteiger partial charge in [0.05, 0.1) is 16.8 Å². The number of amides is 1. The van der Waals surface area contributed by atoms with Crippen LogP contribution in [0.3, 0.4) is 0 Å². The number of nitrogens with one attached hydrogen (secondary N) is 1. The lowest BCUT2D eigenvalue weighted by molar-refractivity contribution is 0.0941. The highest BCUT2D eigenvalue weighted by atomic mass is 79.9. The first kappa shape index (κ1) is 21.5. The van der Waals surface area contributed by atoms with Crippen molar-refractivity contribution in [2.75, 3.05) is 0 Å². The van der Waals surface area contributed by atoms with Crippen molar-refractivity contribution in [1.29, 1.82) is 0 Å². The standard InChI is InChI=1S/C26H22BrClN2O/c1-16(14-19-10-6-7-11-22(19)28)29-26(31)24-17(2)25(18-8-4-3-5-9-18)30-23-13-12-20(27)15-21(23)24/h3-13,15-16H,14H2,1-2H3,(H,29,31). The largest absolute Gasteiger partial charge is 0.349 e. The van der Waals surface area contributed by atoms with Gasteiger partial charge in [-0.1, -0.05) is 76.1 Å². The Morgan fingerprint density at radius 1 is 1.06 bits per heavy atom. The Morgan fingerprint density at radius 3 is 2.52 bits per heavy atom. The fourth-order valence-corrected chi connectivity index (χ4v) is 4.42. The van der Waals surface area contributed by atoms with Crippen molar-refractivity contribution < 1.29 is 4.79 Å². The molecule has 0 radical (unpaired) electrons. The molecule has 0 aliphatic heterocycles. The van der Waals surface area contributed by atoms with Gasteiger partial charge in [-0.15, -0.1) is 0 Å². The first-order valence-electron chi connectivity index (χ1n) is 10.1. The van der Waals surface area contributed by atoms with Crippen LogP contribution in [-0.4, -0.2) is 16.9 Å². The Labute approximate surface area is 195 Å². The molecule has 1 N–H and O–H groups in total. The third-order valence-electron chi connectivity index (χ3n) is 5.33. The Morgan fingerprint density at radius 2 is 1.77 bits per heavy atom. The van der Waals surface area contributed by atoms with E-state index in [9.17, 15) is 4.79 Å². The highest BCUT2D eigenvalue weighted by Crippen LogP contribution is 2.31. The smallest absolute Gasteiger partial charge is 0.252 e. The molecule has 0 aliphatic rings. The van der Waals surface area contributed by atoms with Crippen molar-refractivity contribution in [2.45, 2.75) is 26.3 Å². The second-order valence-electron chi connectivity index (χ2n) is 7.66. The predicted molar refractivity (Wildman–Crippen MR) is 132 cm³/mol. The lowest BCUT2D eigenvalue weighted by Crippen LogP contribution is -2.34. The minimum atomic E-state index is -0.111. The number of carbonyl (C=O) groups excluding carboxylic acids is 1. The van der Waals surface area contributed by atoms with Crippen LogP contribution in [0, 0.1) is 6.92 Å². The second kappa shape index (κ2) is 9.21. The van der Waals surface area contributed by atoms with Crippen LogP contribution in [0.4, 0.5) is 0 Å². The quantitative estimate of drug-likeness (QED) is 0.326. The number of halogens is 2. The summed E-state index contributed by atoms with van der Waals surface area (Å²) < 4.78 is 0.909. The maximum Gasteiger partial charge on any atom is 0.252 e. The summed E-state index contributed by atoms with van der Waals surface area (Å²) in [5.74, 6) is -0.111. The number of hydrogen-bond donors (Lipinski definition) is 1. The number of carbonyl (C=O) groups is 1. The molecule has 1 heterocycles. The van der Waals surface area contributed by atoms with E-state index < -0.39 is 0 Å². The Bertz CT molecular complexity index is 1260.